The second-order valence-corrected chi connectivity index (χ2v) is 9.04. The first-order chi connectivity index (χ1) is 15.0. The molecule has 1 aliphatic heterocycles. The molecule has 0 saturated heterocycles. The van der Waals surface area contributed by atoms with Crippen molar-refractivity contribution in [2.45, 2.75) is 51.7 Å². The normalized spacial score (nSPS) is 18.1. The van der Waals surface area contributed by atoms with Crippen LogP contribution in [0.4, 0.5) is 0 Å². The molecule has 0 bridgehead atoms. The van der Waals surface area contributed by atoms with Gasteiger partial charge < -0.3 is 15.2 Å². The van der Waals surface area contributed by atoms with Crippen LogP contribution in [0.5, 0.6) is 0 Å². The maximum absolute atomic E-state index is 13.1. The molecular formula is C25H32N4OS. The van der Waals surface area contributed by atoms with Gasteiger partial charge in [-0.2, -0.15) is 12.6 Å². The Hall–Kier alpha value is -2.31. The van der Waals surface area contributed by atoms with Gasteiger partial charge in [-0.05, 0) is 23.1 Å². The van der Waals surface area contributed by atoms with Crippen LogP contribution in [0.3, 0.4) is 0 Å². The van der Waals surface area contributed by atoms with E-state index >= 15 is 0 Å². The number of hydrogen-bond acceptors (Lipinski definition) is 4. The largest absolute Gasteiger partial charge is 0.331 e. The number of carbonyl (C=O) groups is 1. The van der Waals surface area contributed by atoms with Crippen LogP contribution in [0.2, 0.25) is 0 Å². The van der Waals surface area contributed by atoms with Gasteiger partial charge in [0, 0.05) is 30.6 Å². The van der Waals surface area contributed by atoms with E-state index < -0.39 is 6.04 Å². The van der Waals surface area contributed by atoms with Gasteiger partial charge in [-0.1, -0.05) is 69.2 Å². The van der Waals surface area contributed by atoms with E-state index in [1.807, 2.05) is 4.90 Å². The second kappa shape index (κ2) is 9.45. The number of thiol groups is 1. The van der Waals surface area contributed by atoms with Crippen LogP contribution >= 0.6 is 12.6 Å². The number of nitrogens with two attached hydrogens (primary N) is 1. The molecule has 3 aromatic rings. The Bertz CT molecular complexity index is 1060. The Kier molecular flexibility index (Phi) is 6.68. The standard InChI is InChI=1S/C25H32N4OS/c1-3-7-17(2)14-23-24-27-22(20-11-6-9-18-8-4-5-10-19(18)20)15-28(24)12-13-29(23)25(30)21(26)16-31/h4-6,8-11,15,17,21,23,31H,3,7,12-14,16,26H2,1-2H3/t17?,21-,23-/m0/s1. The fourth-order valence-corrected chi connectivity index (χ4v) is 4.90. The number of amides is 1. The third-order valence-electron chi connectivity index (χ3n) is 6.33. The van der Waals surface area contributed by atoms with E-state index in [2.05, 4.69) is 79.7 Å². The highest BCUT2D eigenvalue weighted by atomic mass is 32.1. The van der Waals surface area contributed by atoms with Gasteiger partial charge in [-0.3, -0.25) is 4.79 Å². The van der Waals surface area contributed by atoms with Crippen molar-refractivity contribution in [3.05, 3.63) is 54.5 Å². The fourth-order valence-electron chi connectivity index (χ4n) is 4.74. The second-order valence-electron chi connectivity index (χ2n) is 8.67. The van der Waals surface area contributed by atoms with Crippen LogP contribution in [-0.2, 0) is 11.3 Å². The summed E-state index contributed by atoms with van der Waals surface area (Å²) in [5.74, 6) is 1.80. The summed E-state index contributed by atoms with van der Waals surface area (Å²) in [6.45, 7) is 5.85. The number of carbonyl (C=O) groups excluding carboxylic acids is 1. The van der Waals surface area contributed by atoms with E-state index in [1.165, 1.54) is 10.8 Å². The Morgan fingerprint density at radius 1 is 1.23 bits per heavy atom. The minimum Gasteiger partial charge on any atom is -0.331 e. The molecule has 3 atom stereocenters. The number of nitrogens with zero attached hydrogens (tertiary/aromatic N) is 3. The molecule has 5 nitrogen and oxygen atoms in total. The van der Waals surface area contributed by atoms with Gasteiger partial charge in [0.1, 0.15) is 5.82 Å². The monoisotopic (exact) mass is 436 g/mol. The smallest absolute Gasteiger partial charge is 0.241 e. The number of fused-ring (bicyclic) bond motifs is 2. The zero-order valence-corrected chi connectivity index (χ0v) is 19.3. The first kappa shape index (κ1) is 21.9. The van der Waals surface area contributed by atoms with Gasteiger partial charge in [0.2, 0.25) is 5.91 Å². The number of aromatic nitrogens is 2. The molecule has 0 fully saturated rings. The van der Waals surface area contributed by atoms with E-state index in [0.29, 0.717) is 18.2 Å². The van der Waals surface area contributed by atoms with Crippen molar-refractivity contribution < 1.29 is 4.79 Å². The summed E-state index contributed by atoms with van der Waals surface area (Å²) in [6, 6.07) is 14.1. The summed E-state index contributed by atoms with van der Waals surface area (Å²) in [5, 5.41) is 2.40. The van der Waals surface area contributed by atoms with Crippen molar-refractivity contribution in [2.75, 3.05) is 12.3 Å². The third kappa shape index (κ3) is 4.37. The van der Waals surface area contributed by atoms with Gasteiger partial charge in [0.15, 0.2) is 0 Å². The lowest BCUT2D eigenvalue weighted by Gasteiger charge is -2.38. The van der Waals surface area contributed by atoms with Crippen molar-refractivity contribution in [3.8, 4) is 11.3 Å². The quantitative estimate of drug-likeness (QED) is 0.529. The van der Waals surface area contributed by atoms with Crippen LogP contribution in [0, 0.1) is 5.92 Å². The minimum atomic E-state index is -0.577. The SMILES string of the molecule is CCCC(C)C[C@H]1c2nc(-c3cccc4ccccc34)cn2CCN1C(=O)[C@@H](N)CS. The van der Waals surface area contributed by atoms with Gasteiger partial charge in [0.05, 0.1) is 17.8 Å². The lowest BCUT2D eigenvalue weighted by atomic mass is 9.94. The number of hydrogen-bond donors (Lipinski definition) is 2. The molecule has 1 aromatic heterocycles. The van der Waals surface area contributed by atoms with Crippen LogP contribution in [0.15, 0.2) is 48.7 Å². The summed E-state index contributed by atoms with van der Waals surface area (Å²) in [5.41, 5.74) is 8.18. The Morgan fingerprint density at radius 2 is 2.00 bits per heavy atom. The van der Waals surface area contributed by atoms with E-state index in [4.69, 9.17) is 10.7 Å². The van der Waals surface area contributed by atoms with Crippen LogP contribution < -0.4 is 5.73 Å². The first-order valence-electron chi connectivity index (χ1n) is 11.3. The molecule has 164 valence electrons. The Balaban J connectivity index is 1.75. The van der Waals surface area contributed by atoms with Gasteiger partial charge in [-0.15, -0.1) is 0 Å². The predicted octanol–water partition coefficient (Wildman–Crippen LogP) is 4.67. The lowest BCUT2D eigenvalue weighted by molar-refractivity contribution is -0.136. The van der Waals surface area contributed by atoms with E-state index in [1.54, 1.807) is 0 Å². The lowest BCUT2D eigenvalue weighted by Crippen LogP contribution is -2.50. The van der Waals surface area contributed by atoms with E-state index in [9.17, 15) is 4.79 Å². The van der Waals surface area contributed by atoms with E-state index in [-0.39, 0.29) is 11.9 Å². The Labute approximate surface area is 190 Å². The molecule has 0 radical (unpaired) electrons. The molecule has 1 aliphatic rings. The summed E-state index contributed by atoms with van der Waals surface area (Å²) in [6.07, 6.45) is 5.31. The van der Waals surface area contributed by atoms with Crippen LogP contribution in [0.1, 0.15) is 45.0 Å². The minimum absolute atomic E-state index is 0.0235. The molecule has 6 heteroatoms. The third-order valence-corrected chi connectivity index (χ3v) is 6.73. The molecule has 2 heterocycles. The van der Waals surface area contributed by atoms with Crippen molar-refractivity contribution in [2.24, 2.45) is 11.7 Å². The van der Waals surface area contributed by atoms with Crippen molar-refractivity contribution in [1.82, 2.24) is 14.5 Å². The van der Waals surface area contributed by atoms with E-state index in [0.717, 1.165) is 42.9 Å². The molecule has 1 amide bonds. The highest BCUT2D eigenvalue weighted by molar-refractivity contribution is 7.80. The van der Waals surface area contributed by atoms with Gasteiger partial charge in [0.25, 0.3) is 0 Å². The topological polar surface area (TPSA) is 64.2 Å². The molecule has 31 heavy (non-hydrogen) atoms. The molecule has 2 N–H and O–H groups in total. The Morgan fingerprint density at radius 3 is 2.77 bits per heavy atom. The summed E-state index contributed by atoms with van der Waals surface area (Å²) >= 11 is 4.26. The highest BCUT2D eigenvalue weighted by Gasteiger charge is 2.35. The molecule has 4 rings (SSSR count). The number of imidazole rings is 1. The summed E-state index contributed by atoms with van der Waals surface area (Å²) < 4.78 is 2.23. The van der Waals surface area contributed by atoms with Crippen molar-refractivity contribution >= 4 is 29.3 Å². The average molecular weight is 437 g/mol. The molecule has 0 aliphatic carbocycles. The predicted molar refractivity (Wildman–Crippen MR) is 130 cm³/mol. The molecule has 2 aromatic carbocycles. The van der Waals surface area contributed by atoms with Crippen molar-refractivity contribution in [1.29, 1.82) is 0 Å². The number of benzene rings is 2. The first-order valence-corrected chi connectivity index (χ1v) is 11.9. The van der Waals surface area contributed by atoms with Crippen molar-refractivity contribution in [3.63, 3.8) is 0 Å². The van der Waals surface area contributed by atoms with Crippen LogP contribution in [-0.4, -0.2) is 38.7 Å². The summed E-state index contributed by atoms with van der Waals surface area (Å²) in [7, 11) is 0. The maximum Gasteiger partial charge on any atom is 0.241 e. The zero-order chi connectivity index (χ0) is 22.0. The molecule has 0 saturated carbocycles. The van der Waals surface area contributed by atoms with Crippen LogP contribution in [0.25, 0.3) is 22.0 Å². The van der Waals surface area contributed by atoms with Gasteiger partial charge >= 0.3 is 0 Å². The zero-order valence-electron chi connectivity index (χ0n) is 18.4. The fraction of sp³-hybridized carbons (Fsp3) is 0.440. The number of rotatable bonds is 7. The highest BCUT2D eigenvalue weighted by Crippen LogP contribution is 2.36. The summed E-state index contributed by atoms with van der Waals surface area (Å²) in [4.78, 5) is 20.1. The molecular weight excluding hydrogens is 404 g/mol. The molecule has 1 unspecified atom stereocenters. The van der Waals surface area contributed by atoms with Gasteiger partial charge in [-0.25, -0.2) is 4.98 Å². The average Bonchev–Trinajstić information content (AvgIpc) is 3.22. The maximum atomic E-state index is 13.1. The molecule has 0 spiro atoms.